The Balaban J connectivity index is 0.00000113. The number of aromatic nitrogens is 3. The van der Waals surface area contributed by atoms with E-state index in [2.05, 4.69) is 15.1 Å². The Morgan fingerprint density at radius 2 is 2.00 bits per heavy atom. The molecule has 3 N–H and O–H groups in total. The number of aromatic amines is 1. The van der Waals surface area contributed by atoms with Crippen molar-refractivity contribution in [3.8, 4) is 22.2 Å². The maximum absolute atomic E-state index is 12.3. The van der Waals surface area contributed by atoms with Gasteiger partial charge in [-0.1, -0.05) is 16.8 Å². The van der Waals surface area contributed by atoms with E-state index < -0.39 is 0 Å². The fourth-order valence-corrected chi connectivity index (χ4v) is 3.27. The van der Waals surface area contributed by atoms with Gasteiger partial charge in [-0.05, 0) is 49.6 Å². The van der Waals surface area contributed by atoms with Crippen molar-refractivity contribution in [1.29, 1.82) is 0 Å². The summed E-state index contributed by atoms with van der Waals surface area (Å²) in [5, 5.41) is 4.92. The van der Waals surface area contributed by atoms with Crippen molar-refractivity contribution in [3.63, 3.8) is 0 Å². The average Bonchev–Trinajstić information content (AvgIpc) is 3.16. The van der Waals surface area contributed by atoms with Crippen molar-refractivity contribution in [1.82, 2.24) is 15.1 Å². The molecule has 0 aliphatic rings. The standard InChI is InChI=1S/C17H13N3O2S.H2O.H2/c1-9-3-5-13-11(7-9)8-12(16(21)18-13)17-19-15(20-22-17)14-6-4-10(2)23-14;;/h3-8H,1-2H3,(H,18,21);1H2;1H. The van der Waals surface area contributed by atoms with Gasteiger partial charge in [0.2, 0.25) is 5.82 Å². The van der Waals surface area contributed by atoms with Crippen LogP contribution in [0, 0.1) is 13.8 Å². The second kappa shape index (κ2) is 6.03. The van der Waals surface area contributed by atoms with Crippen molar-refractivity contribution in [2.75, 3.05) is 0 Å². The van der Waals surface area contributed by atoms with Crippen LogP contribution >= 0.6 is 11.3 Å². The number of aryl methyl sites for hydroxylation is 2. The number of benzene rings is 1. The quantitative estimate of drug-likeness (QED) is 0.602. The normalized spacial score (nSPS) is 10.8. The Morgan fingerprint density at radius 3 is 2.75 bits per heavy atom. The molecule has 4 rings (SSSR count). The fourth-order valence-electron chi connectivity index (χ4n) is 2.47. The van der Waals surface area contributed by atoms with Gasteiger partial charge >= 0.3 is 0 Å². The van der Waals surface area contributed by atoms with Crippen LogP contribution in [0.5, 0.6) is 0 Å². The molecule has 0 amide bonds. The zero-order valence-corrected chi connectivity index (χ0v) is 13.9. The summed E-state index contributed by atoms with van der Waals surface area (Å²) in [6.07, 6.45) is 0. The molecule has 0 spiro atoms. The molecule has 0 unspecified atom stereocenters. The molecule has 24 heavy (non-hydrogen) atoms. The van der Waals surface area contributed by atoms with Crippen molar-refractivity contribution in [2.24, 2.45) is 0 Å². The lowest BCUT2D eigenvalue weighted by molar-refractivity contribution is 0.432. The smallest absolute Gasteiger partial charge is 0.263 e. The number of pyridine rings is 1. The van der Waals surface area contributed by atoms with Gasteiger partial charge in [0, 0.05) is 11.8 Å². The molecule has 0 saturated carbocycles. The van der Waals surface area contributed by atoms with Crippen molar-refractivity contribution in [3.05, 3.63) is 57.2 Å². The summed E-state index contributed by atoms with van der Waals surface area (Å²) >= 11 is 1.59. The van der Waals surface area contributed by atoms with E-state index in [1.54, 1.807) is 17.4 Å². The van der Waals surface area contributed by atoms with Gasteiger partial charge in [-0.3, -0.25) is 4.79 Å². The number of hydrogen-bond donors (Lipinski definition) is 1. The van der Waals surface area contributed by atoms with E-state index in [0.29, 0.717) is 11.4 Å². The van der Waals surface area contributed by atoms with E-state index in [0.717, 1.165) is 21.3 Å². The number of fused-ring (bicyclic) bond motifs is 1. The van der Waals surface area contributed by atoms with Crippen molar-refractivity contribution < 1.29 is 11.4 Å². The number of nitrogens with zero attached hydrogens (tertiary/aromatic N) is 2. The highest BCUT2D eigenvalue weighted by molar-refractivity contribution is 7.15. The molecule has 3 aromatic heterocycles. The SMILES string of the molecule is Cc1ccc2[nH]c(=O)c(-c3nc(-c4ccc(C)s4)no3)cc2c1.O.[HH]. The van der Waals surface area contributed by atoms with Gasteiger partial charge < -0.3 is 15.0 Å². The van der Waals surface area contributed by atoms with Crippen LogP contribution in [0.25, 0.3) is 33.1 Å². The summed E-state index contributed by atoms with van der Waals surface area (Å²) in [7, 11) is 0. The number of H-pyrrole nitrogens is 1. The first-order valence-electron chi connectivity index (χ1n) is 7.15. The van der Waals surface area contributed by atoms with Crippen molar-refractivity contribution >= 4 is 22.2 Å². The van der Waals surface area contributed by atoms with Crippen molar-refractivity contribution in [2.45, 2.75) is 13.8 Å². The third kappa shape index (κ3) is 2.75. The minimum atomic E-state index is -0.237. The van der Waals surface area contributed by atoms with Gasteiger partial charge in [-0.25, -0.2) is 0 Å². The zero-order chi connectivity index (χ0) is 16.0. The Bertz CT molecular complexity index is 1080. The van der Waals surface area contributed by atoms with Gasteiger partial charge in [0.15, 0.2) is 0 Å². The Kier molecular flexibility index (Phi) is 4.04. The third-order valence-electron chi connectivity index (χ3n) is 3.62. The Labute approximate surface area is 142 Å². The summed E-state index contributed by atoms with van der Waals surface area (Å²) in [5.74, 6) is 0.734. The van der Waals surface area contributed by atoms with Crippen LogP contribution in [0.2, 0.25) is 0 Å². The molecule has 0 fully saturated rings. The molecule has 0 radical (unpaired) electrons. The molecular formula is C17H17N3O3S. The van der Waals surface area contributed by atoms with E-state index >= 15 is 0 Å². The lowest BCUT2D eigenvalue weighted by Gasteiger charge is -2.01. The minimum Gasteiger partial charge on any atom is -0.412 e. The lowest BCUT2D eigenvalue weighted by Crippen LogP contribution is -2.08. The minimum absolute atomic E-state index is 0. The van der Waals surface area contributed by atoms with E-state index in [1.807, 2.05) is 44.2 Å². The topological polar surface area (TPSA) is 103 Å². The van der Waals surface area contributed by atoms with E-state index in [4.69, 9.17) is 4.52 Å². The highest BCUT2D eigenvalue weighted by Gasteiger charge is 2.15. The summed E-state index contributed by atoms with van der Waals surface area (Å²) in [6.45, 7) is 4.03. The van der Waals surface area contributed by atoms with Gasteiger partial charge in [-0.2, -0.15) is 4.98 Å². The van der Waals surface area contributed by atoms with Crippen LogP contribution < -0.4 is 5.56 Å². The molecule has 124 valence electrons. The van der Waals surface area contributed by atoms with Crippen LogP contribution in [0.4, 0.5) is 0 Å². The average molecular weight is 343 g/mol. The maximum Gasteiger partial charge on any atom is 0.263 e. The largest absolute Gasteiger partial charge is 0.412 e. The highest BCUT2D eigenvalue weighted by atomic mass is 32.1. The van der Waals surface area contributed by atoms with Crippen LogP contribution in [-0.2, 0) is 0 Å². The van der Waals surface area contributed by atoms with Gasteiger partial charge in [0.1, 0.15) is 5.56 Å². The predicted molar refractivity (Wildman–Crippen MR) is 96.4 cm³/mol. The van der Waals surface area contributed by atoms with Crippen LogP contribution in [0.3, 0.4) is 0 Å². The third-order valence-corrected chi connectivity index (χ3v) is 4.61. The summed E-state index contributed by atoms with van der Waals surface area (Å²) in [4.78, 5) is 21.6. The Morgan fingerprint density at radius 1 is 1.17 bits per heavy atom. The van der Waals surface area contributed by atoms with E-state index in [1.165, 1.54) is 4.88 Å². The number of rotatable bonds is 2. The molecule has 0 aliphatic carbocycles. The van der Waals surface area contributed by atoms with Crippen LogP contribution in [0.15, 0.2) is 45.7 Å². The van der Waals surface area contributed by atoms with Gasteiger partial charge in [0.25, 0.3) is 11.4 Å². The second-order valence-electron chi connectivity index (χ2n) is 5.44. The molecule has 4 aromatic rings. The number of hydrogen-bond acceptors (Lipinski definition) is 5. The summed E-state index contributed by atoms with van der Waals surface area (Å²) in [6, 6.07) is 11.6. The summed E-state index contributed by atoms with van der Waals surface area (Å²) < 4.78 is 5.30. The molecular weight excluding hydrogens is 326 g/mol. The van der Waals surface area contributed by atoms with Crippen LogP contribution in [0.1, 0.15) is 11.9 Å². The van der Waals surface area contributed by atoms with Crippen LogP contribution in [-0.4, -0.2) is 20.6 Å². The molecule has 3 heterocycles. The van der Waals surface area contributed by atoms with E-state index in [9.17, 15) is 4.79 Å². The molecule has 6 nitrogen and oxygen atoms in total. The molecule has 0 atom stereocenters. The zero-order valence-electron chi connectivity index (χ0n) is 13.1. The molecule has 7 heteroatoms. The lowest BCUT2D eigenvalue weighted by atomic mass is 10.1. The molecule has 1 aromatic carbocycles. The van der Waals surface area contributed by atoms with Gasteiger partial charge in [0.05, 0.1) is 4.88 Å². The fraction of sp³-hybridized carbons (Fsp3) is 0.118. The first-order chi connectivity index (χ1) is 11.1. The molecule has 0 aliphatic heterocycles. The highest BCUT2D eigenvalue weighted by Crippen LogP contribution is 2.27. The second-order valence-corrected chi connectivity index (χ2v) is 6.72. The monoisotopic (exact) mass is 343 g/mol. The first kappa shape index (κ1) is 16.1. The van der Waals surface area contributed by atoms with Gasteiger partial charge in [-0.15, -0.1) is 11.3 Å². The predicted octanol–water partition coefficient (Wildman–Crippen LogP) is 3.34. The maximum atomic E-state index is 12.3. The first-order valence-corrected chi connectivity index (χ1v) is 7.96. The van der Waals surface area contributed by atoms with E-state index in [-0.39, 0.29) is 18.4 Å². The molecule has 0 saturated heterocycles. The summed E-state index contributed by atoms with van der Waals surface area (Å²) in [5.41, 5.74) is 2.06. The number of nitrogens with one attached hydrogen (secondary N) is 1. The number of thiophene rings is 1. The molecule has 0 bridgehead atoms. The Hall–Kier alpha value is -2.77.